The predicted molar refractivity (Wildman–Crippen MR) is 69.6 cm³/mol. The van der Waals surface area contributed by atoms with Crippen LogP contribution in [0.4, 0.5) is 11.4 Å². The van der Waals surface area contributed by atoms with E-state index in [9.17, 15) is 20.0 Å². The molecule has 0 spiro atoms. The molecule has 1 rings (SSSR count). The van der Waals surface area contributed by atoms with Crippen LogP contribution in [-0.2, 0) is 0 Å². The van der Waals surface area contributed by atoms with E-state index in [0.29, 0.717) is 0 Å². The molecular formula is C12H16N2O5. The van der Waals surface area contributed by atoms with Crippen molar-refractivity contribution < 1.29 is 19.9 Å². The van der Waals surface area contributed by atoms with Crippen LogP contribution < -0.4 is 4.90 Å². The highest BCUT2D eigenvalue weighted by Crippen LogP contribution is 2.29. The third-order valence-corrected chi connectivity index (χ3v) is 2.45. The van der Waals surface area contributed by atoms with E-state index in [-0.39, 0.29) is 23.5 Å². The number of aromatic carboxylic acids is 1. The van der Waals surface area contributed by atoms with Crippen LogP contribution in [0.3, 0.4) is 0 Å². The summed E-state index contributed by atoms with van der Waals surface area (Å²) in [4.78, 5) is 22.7. The average molecular weight is 268 g/mol. The fraction of sp³-hybridized carbons (Fsp3) is 0.417. The molecule has 0 bridgehead atoms. The van der Waals surface area contributed by atoms with Gasteiger partial charge in [-0.1, -0.05) is 0 Å². The summed E-state index contributed by atoms with van der Waals surface area (Å²) in [5.41, 5.74) is -1.13. The van der Waals surface area contributed by atoms with Crippen LogP contribution in [-0.4, -0.2) is 40.3 Å². The van der Waals surface area contributed by atoms with Crippen molar-refractivity contribution in [2.45, 2.75) is 19.4 Å². The van der Waals surface area contributed by atoms with Crippen LogP contribution in [0, 0.1) is 10.1 Å². The molecule has 0 amide bonds. The lowest BCUT2D eigenvalue weighted by Gasteiger charge is -2.27. The molecule has 0 fully saturated rings. The van der Waals surface area contributed by atoms with E-state index in [0.717, 1.165) is 6.07 Å². The topological polar surface area (TPSA) is 104 Å². The van der Waals surface area contributed by atoms with Crippen LogP contribution >= 0.6 is 0 Å². The SMILES string of the molecule is CN(CC(C)(C)O)c1cc(C(=O)O)ccc1[N+](=O)[O-]. The second kappa shape index (κ2) is 5.23. The zero-order chi connectivity index (χ0) is 14.8. The quantitative estimate of drug-likeness (QED) is 0.619. The Morgan fingerprint density at radius 3 is 2.47 bits per heavy atom. The zero-order valence-electron chi connectivity index (χ0n) is 11.0. The number of aliphatic hydroxyl groups is 1. The minimum Gasteiger partial charge on any atom is -0.478 e. The molecule has 0 saturated carbocycles. The summed E-state index contributed by atoms with van der Waals surface area (Å²) in [5.74, 6) is -1.16. The number of carboxylic acids is 1. The molecule has 0 heterocycles. The van der Waals surface area contributed by atoms with E-state index >= 15 is 0 Å². The van der Waals surface area contributed by atoms with Gasteiger partial charge in [0, 0.05) is 19.7 Å². The Morgan fingerprint density at radius 1 is 1.47 bits per heavy atom. The molecule has 0 unspecified atom stereocenters. The first-order chi connectivity index (χ1) is 8.61. The van der Waals surface area contributed by atoms with Crippen molar-refractivity contribution in [1.29, 1.82) is 0 Å². The van der Waals surface area contributed by atoms with E-state index in [2.05, 4.69) is 0 Å². The molecule has 0 atom stereocenters. The van der Waals surface area contributed by atoms with Crippen molar-refractivity contribution in [3.05, 3.63) is 33.9 Å². The number of hydrogen-bond acceptors (Lipinski definition) is 5. The van der Waals surface area contributed by atoms with Crippen molar-refractivity contribution in [1.82, 2.24) is 0 Å². The normalized spacial score (nSPS) is 11.2. The molecule has 1 aromatic carbocycles. The Kier molecular flexibility index (Phi) is 4.10. The smallest absolute Gasteiger partial charge is 0.335 e. The minimum atomic E-state index is -1.16. The lowest BCUT2D eigenvalue weighted by Crippen LogP contribution is -2.36. The summed E-state index contributed by atoms with van der Waals surface area (Å²) in [7, 11) is 1.56. The number of nitro benzene ring substituents is 1. The molecule has 7 heteroatoms. The summed E-state index contributed by atoms with van der Waals surface area (Å²) in [5, 5.41) is 29.6. The molecule has 0 aliphatic carbocycles. The molecule has 0 aliphatic heterocycles. The molecule has 0 radical (unpaired) electrons. The van der Waals surface area contributed by atoms with Crippen LogP contribution in [0.5, 0.6) is 0 Å². The fourth-order valence-electron chi connectivity index (χ4n) is 1.78. The molecule has 2 N–H and O–H groups in total. The number of likely N-dealkylation sites (N-methyl/N-ethyl adjacent to an activating group) is 1. The zero-order valence-corrected chi connectivity index (χ0v) is 11.0. The highest BCUT2D eigenvalue weighted by molar-refractivity contribution is 5.90. The summed E-state index contributed by atoms with van der Waals surface area (Å²) in [6, 6.07) is 3.56. The van der Waals surface area contributed by atoms with E-state index in [1.807, 2.05) is 0 Å². The van der Waals surface area contributed by atoms with Gasteiger partial charge in [-0.25, -0.2) is 4.79 Å². The van der Waals surface area contributed by atoms with E-state index in [1.54, 1.807) is 20.9 Å². The molecule has 7 nitrogen and oxygen atoms in total. The third kappa shape index (κ3) is 3.92. The Bertz CT molecular complexity index is 507. The van der Waals surface area contributed by atoms with Crippen LogP contribution in [0.25, 0.3) is 0 Å². The molecule has 104 valence electrons. The Hall–Kier alpha value is -2.15. The Balaban J connectivity index is 3.24. The molecule has 1 aromatic rings. The van der Waals surface area contributed by atoms with Gasteiger partial charge >= 0.3 is 5.97 Å². The van der Waals surface area contributed by atoms with E-state index in [1.165, 1.54) is 17.0 Å². The number of nitrogens with zero attached hydrogens (tertiary/aromatic N) is 2. The van der Waals surface area contributed by atoms with Crippen LogP contribution in [0.2, 0.25) is 0 Å². The summed E-state index contributed by atoms with van der Waals surface area (Å²) in [6.45, 7) is 3.27. The molecular weight excluding hydrogens is 252 g/mol. The third-order valence-electron chi connectivity index (χ3n) is 2.45. The van der Waals surface area contributed by atoms with Crippen molar-refractivity contribution in [3.8, 4) is 0 Å². The molecule has 0 saturated heterocycles. The van der Waals surface area contributed by atoms with Gasteiger partial charge in [0.25, 0.3) is 5.69 Å². The first-order valence-electron chi connectivity index (χ1n) is 5.57. The fourth-order valence-corrected chi connectivity index (χ4v) is 1.78. The number of hydrogen-bond donors (Lipinski definition) is 2. The summed E-state index contributed by atoms with van der Waals surface area (Å²) >= 11 is 0. The molecule has 0 aromatic heterocycles. The van der Waals surface area contributed by atoms with Gasteiger partial charge in [0.1, 0.15) is 5.69 Å². The second-order valence-corrected chi connectivity index (χ2v) is 4.93. The number of carboxylic acid groups (broad SMARTS) is 1. The number of anilines is 1. The van der Waals surface area contributed by atoms with Crippen molar-refractivity contribution in [2.24, 2.45) is 0 Å². The minimum absolute atomic E-state index is 0.0387. The standard InChI is InChI=1S/C12H16N2O5/c1-12(2,17)7-13(3)10-6-8(11(15)16)4-5-9(10)14(18)19/h4-6,17H,7H2,1-3H3,(H,15,16). The highest BCUT2D eigenvalue weighted by atomic mass is 16.6. The van der Waals surface area contributed by atoms with Gasteiger partial charge in [0.2, 0.25) is 0 Å². The van der Waals surface area contributed by atoms with Crippen molar-refractivity contribution in [3.63, 3.8) is 0 Å². The number of benzene rings is 1. The first kappa shape index (κ1) is 14.9. The Labute approximate surface area is 110 Å². The highest BCUT2D eigenvalue weighted by Gasteiger charge is 2.23. The molecule has 0 aliphatic rings. The maximum absolute atomic E-state index is 10.9. The summed E-state index contributed by atoms with van der Waals surface area (Å²) in [6.07, 6.45) is 0. The molecule has 19 heavy (non-hydrogen) atoms. The lowest BCUT2D eigenvalue weighted by molar-refractivity contribution is -0.384. The van der Waals surface area contributed by atoms with Crippen molar-refractivity contribution in [2.75, 3.05) is 18.5 Å². The number of carbonyl (C=O) groups is 1. The van der Waals surface area contributed by atoms with E-state index in [4.69, 9.17) is 5.11 Å². The number of rotatable bonds is 5. The summed E-state index contributed by atoms with van der Waals surface area (Å²) < 4.78 is 0. The van der Waals surface area contributed by atoms with Gasteiger partial charge in [-0.05, 0) is 26.0 Å². The lowest BCUT2D eigenvalue weighted by atomic mass is 10.1. The monoisotopic (exact) mass is 268 g/mol. The van der Waals surface area contributed by atoms with Crippen LogP contribution in [0.1, 0.15) is 24.2 Å². The maximum atomic E-state index is 10.9. The first-order valence-corrected chi connectivity index (χ1v) is 5.57. The largest absolute Gasteiger partial charge is 0.478 e. The Morgan fingerprint density at radius 2 is 2.05 bits per heavy atom. The average Bonchev–Trinajstić information content (AvgIpc) is 2.25. The van der Waals surface area contributed by atoms with Crippen LogP contribution in [0.15, 0.2) is 18.2 Å². The van der Waals surface area contributed by atoms with Gasteiger partial charge in [0.05, 0.1) is 16.1 Å². The van der Waals surface area contributed by atoms with Crippen molar-refractivity contribution >= 4 is 17.3 Å². The van der Waals surface area contributed by atoms with Gasteiger partial charge in [-0.15, -0.1) is 0 Å². The second-order valence-electron chi connectivity index (χ2n) is 4.93. The van der Waals surface area contributed by atoms with Gasteiger partial charge in [-0.3, -0.25) is 10.1 Å². The van der Waals surface area contributed by atoms with Gasteiger partial charge in [0.15, 0.2) is 0 Å². The number of nitro groups is 1. The predicted octanol–water partition coefficient (Wildman–Crippen LogP) is 1.50. The van der Waals surface area contributed by atoms with Gasteiger partial charge < -0.3 is 15.1 Å². The van der Waals surface area contributed by atoms with Gasteiger partial charge in [-0.2, -0.15) is 0 Å². The van der Waals surface area contributed by atoms with E-state index < -0.39 is 16.5 Å². The maximum Gasteiger partial charge on any atom is 0.335 e.